The first-order chi connectivity index (χ1) is 9.22. The standard InChI is InChI=1S/C15H21N3O/c1-18(2)12-4-3-5-13(9-12)19-14-6-7-15-11(8-14)10-16-17-15/h6-8,10,12-13H,3-5,9H2,1-2H3,(H,16,17)/t12-,13-/m0/s1. The molecule has 1 fully saturated rings. The van der Waals surface area contributed by atoms with Crippen molar-refractivity contribution in [1.29, 1.82) is 0 Å². The van der Waals surface area contributed by atoms with Gasteiger partial charge in [0.25, 0.3) is 0 Å². The quantitative estimate of drug-likeness (QED) is 0.921. The number of aromatic amines is 1. The number of benzene rings is 1. The third kappa shape index (κ3) is 2.73. The highest BCUT2D eigenvalue weighted by atomic mass is 16.5. The van der Waals surface area contributed by atoms with Crippen LogP contribution in [-0.4, -0.2) is 41.3 Å². The van der Waals surface area contributed by atoms with Crippen molar-refractivity contribution in [2.24, 2.45) is 0 Å². The summed E-state index contributed by atoms with van der Waals surface area (Å²) in [6, 6.07) is 6.78. The van der Waals surface area contributed by atoms with Crippen molar-refractivity contribution < 1.29 is 4.74 Å². The average Bonchev–Trinajstić information content (AvgIpc) is 2.86. The zero-order chi connectivity index (χ0) is 13.2. The molecule has 3 rings (SSSR count). The molecule has 1 N–H and O–H groups in total. The lowest BCUT2D eigenvalue weighted by atomic mass is 9.92. The predicted octanol–water partition coefficient (Wildman–Crippen LogP) is 2.81. The minimum Gasteiger partial charge on any atom is -0.490 e. The van der Waals surface area contributed by atoms with E-state index in [1.54, 1.807) is 0 Å². The van der Waals surface area contributed by atoms with Crippen LogP contribution in [0.3, 0.4) is 0 Å². The van der Waals surface area contributed by atoms with Gasteiger partial charge in [-0.1, -0.05) is 0 Å². The van der Waals surface area contributed by atoms with Gasteiger partial charge in [-0.05, 0) is 58.0 Å². The summed E-state index contributed by atoms with van der Waals surface area (Å²) in [5.41, 5.74) is 1.06. The fraction of sp³-hybridized carbons (Fsp3) is 0.533. The highest BCUT2D eigenvalue weighted by molar-refractivity contribution is 5.79. The van der Waals surface area contributed by atoms with Crippen molar-refractivity contribution in [2.45, 2.75) is 37.8 Å². The molecule has 2 atom stereocenters. The number of H-pyrrole nitrogens is 1. The summed E-state index contributed by atoms with van der Waals surface area (Å²) in [7, 11) is 4.31. The van der Waals surface area contributed by atoms with Crippen LogP contribution in [0.25, 0.3) is 10.9 Å². The van der Waals surface area contributed by atoms with E-state index < -0.39 is 0 Å². The third-order valence-corrected chi connectivity index (χ3v) is 4.04. The molecule has 0 bridgehead atoms. The van der Waals surface area contributed by atoms with Crippen LogP contribution in [0, 0.1) is 0 Å². The summed E-state index contributed by atoms with van der Waals surface area (Å²) in [5.74, 6) is 0.957. The van der Waals surface area contributed by atoms with Crippen LogP contribution in [0.1, 0.15) is 25.7 Å². The van der Waals surface area contributed by atoms with Gasteiger partial charge in [0.05, 0.1) is 11.7 Å². The molecule has 0 aliphatic heterocycles. The highest BCUT2D eigenvalue weighted by Crippen LogP contribution is 2.27. The van der Waals surface area contributed by atoms with E-state index >= 15 is 0 Å². The summed E-state index contributed by atoms with van der Waals surface area (Å²) in [6.07, 6.45) is 7.00. The molecule has 102 valence electrons. The highest BCUT2D eigenvalue weighted by Gasteiger charge is 2.24. The Bertz CT molecular complexity index is 549. The van der Waals surface area contributed by atoms with Crippen LogP contribution in [0.2, 0.25) is 0 Å². The molecular weight excluding hydrogens is 238 g/mol. The van der Waals surface area contributed by atoms with Gasteiger partial charge in [-0.25, -0.2) is 0 Å². The monoisotopic (exact) mass is 259 g/mol. The lowest BCUT2D eigenvalue weighted by molar-refractivity contribution is 0.100. The second-order valence-electron chi connectivity index (χ2n) is 5.64. The van der Waals surface area contributed by atoms with Crippen LogP contribution >= 0.6 is 0 Å². The zero-order valence-electron chi connectivity index (χ0n) is 11.6. The van der Waals surface area contributed by atoms with Gasteiger partial charge >= 0.3 is 0 Å². The molecule has 0 unspecified atom stereocenters. The summed E-state index contributed by atoms with van der Waals surface area (Å²) >= 11 is 0. The van der Waals surface area contributed by atoms with E-state index in [4.69, 9.17) is 4.74 Å². The average molecular weight is 259 g/mol. The normalized spacial score (nSPS) is 23.9. The van der Waals surface area contributed by atoms with Gasteiger partial charge in [-0.3, -0.25) is 5.10 Å². The molecule has 1 aliphatic rings. The van der Waals surface area contributed by atoms with Crippen molar-refractivity contribution >= 4 is 10.9 Å². The topological polar surface area (TPSA) is 41.1 Å². The summed E-state index contributed by atoms with van der Waals surface area (Å²) in [4.78, 5) is 2.31. The van der Waals surface area contributed by atoms with Gasteiger partial charge in [0, 0.05) is 11.4 Å². The van der Waals surface area contributed by atoms with E-state index in [-0.39, 0.29) is 0 Å². The van der Waals surface area contributed by atoms with Crippen LogP contribution in [0.4, 0.5) is 0 Å². The molecule has 0 saturated heterocycles. The zero-order valence-corrected chi connectivity index (χ0v) is 11.6. The molecule has 0 radical (unpaired) electrons. The Morgan fingerprint density at radius 1 is 1.32 bits per heavy atom. The van der Waals surface area contributed by atoms with Gasteiger partial charge < -0.3 is 9.64 Å². The van der Waals surface area contributed by atoms with Gasteiger partial charge in [0.15, 0.2) is 0 Å². The summed E-state index contributed by atoms with van der Waals surface area (Å²) in [6.45, 7) is 0. The molecule has 4 nitrogen and oxygen atoms in total. The van der Waals surface area contributed by atoms with Gasteiger partial charge in [0.1, 0.15) is 11.9 Å². The lowest BCUT2D eigenvalue weighted by Crippen LogP contribution is -2.37. The Kier molecular flexibility index (Phi) is 3.42. The smallest absolute Gasteiger partial charge is 0.120 e. The molecule has 0 amide bonds. The molecule has 1 heterocycles. The first-order valence-electron chi connectivity index (χ1n) is 6.98. The Hall–Kier alpha value is -1.55. The van der Waals surface area contributed by atoms with E-state index in [1.165, 1.54) is 12.8 Å². The maximum atomic E-state index is 6.14. The molecule has 1 aliphatic carbocycles. The Morgan fingerprint density at radius 2 is 2.21 bits per heavy atom. The van der Waals surface area contributed by atoms with E-state index in [9.17, 15) is 0 Å². The molecule has 4 heteroatoms. The maximum Gasteiger partial charge on any atom is 0.120 e. The summed E-state index contributed by atoms with van der Waals surface area (Å²) < 4.78 is 6.14. The number of hydrogen-bond donors (Lipinski definition) is 1. The first-order valence-corrected chi connectivity index (χ1v) is 6.98. The Balaban J connectivity index is 1.69. The Morgan fingerprint density at radius 3 is 3.05 bits per heavy atom. The summed E-state index contributed by atoms with van der Waals surface area (Å²) in [5, 5.41) is 8.11. The van der Waals surface area contributed by atoms with Crippen molar-refractivity contribution in [2.75, 3.05) is 14.1 Å². The van der Waals surface area contributed by atoms with Crippen LogP contribution in [-0.2, 0) is 0 Å². The second-order valence-corrected chi connectivity index (χ2v) is 5.64. The van der Waals surface area contributed by atoms with Crippen molar-refractivity contribution in [3.05, 3.63) is 24.4 Å². The van der Waals surface area contributed by atoms with Gasteiger partial charge in [-0.15, -0.1) is 0 Å². The molecule has 2 aromatic rings. The van der Waals surface area contributed by atoms with Crippen LogP contribution in [0.15, 0.2) is 24.4 Å². The third-order valence-electron chi connectivity index (χ3n) is 4.04. The largest absolute Gasteiger partial charge is 0.490 e. The number of fused-ring (bicyclic) bond motifs is 1. The number of nitrogens with zero attached hydrogens (tertiary/aromatic N) is 2. The second kappa shape index (κ2) is 5.21. The molecule has 1 saturated carbocycles. The predicted molar refractivity (Wildman–Crippen MR) is 76.5 cm³/mol. The molecule has 1 aromatic heterocycles. The molecule has 0 spiro atoms. The minimum absolute atomic E-state index is 0.338. The first kappa shape index (κ1) is 12.5. The van der Waals surface area contributed by atoms with E-state index in [0.29, 0.717) is 12.1 Å². The van der Waals surface area contributed by atoms with Crippen molar-refractivity contribution in [1.82, 2.24) is 15.1 Å². The van der Waals surface area contributed by atoms with Gasteiger partial charge in [-0.2, -0.15) is 5.10 Å². The minimum atomic E-state index is 0.338. The van der Waals surface area contributed by atoms with Crippen LogP contribution < -0.4 is 4.74 Å². The SMILES string of the molecule is CN(C)[C@H]1CCC[C@H](Oc2ccc3[nH]ncc3c2)C1. The van der Waals surface area contributed by atoms with Crippen LogP contribution in [0.5, 0.6) is 5.75 Å². The van der Waals surface area contributed by atoms with E-state index in [2.05, 4.69) is 35.3 Å². The Labute approximate surface area is 113 Å². The van der Waals surface area contributed by atoms with E-state index in [0.717, 1.165) is 29.5 Å². The van der Waals surface area contributed by atoms with E-state index in [1.807, 2.05) is 18.3 Å². The fourth-order valence-corrected chi connectivity index (χ4v) is 2.88. The van der Waals surface area contributed by atoms with Gasteiger partial charge in [0.2, 0.25) is 0 Å². The number of hydrogen-bond acceptors (Lipinski definition) is 3. The van der Waals surface area contributed by atoms with Crippen molar-refractivity contribution in [3.63, 3.8) is 0 Å². The maximum absolute atomic E-state index is 6.14. The molecule has 1 aromatic carbocycles. The lowest BCUT2D eigenvalue weighted by Gasteiger charge is -2.33. The fourth-order valence-electron chi connectivity index (χ4n) is 2.88. The number of nitrogens with one attached hydrogen (secondary N) is 1. The molecular formula is C15H21N3O. The molecule has 19 heavy (non-hydrogen) atoms. The number of rotatable bonds is 3. The number of aromatic nitrogens is 2. The number of ether oxygens (including phenoxy) is 1. The van der Waals surface area contributed by atoms with Crippen molar-refractivity contribution in [3.8, 4) is 5.75 Å².